The maximum absolute atomic E-state index is 12.3. The van der Waals surface area contributed by atoms with E-state index in [2.05, 4.69) is 25.9 Å². The molecule has 178 valence electrons. The van der Waals surface area contributed by atoms with Gasteiger partial charge in [-0.2, -0.15) is 0 Å². The van der Waals surface area contributed by atoms with Gasteiger partial charge >= 0.3 is 35.5 Å². The van der Waals surface area contributed by atoms with Gasteiger partial charge < -0.3 is 22.5 Å². The molecule has 0 saturated carbocycles. The maximum atomic E-state index is 12.3. The summed E-state index contributed by atoms with van der Waals surface area (Å²) in [5.74, 6) is -1.59. The van der Waals surface area contributed by atoms with Crippen LogP contribution in [0.1, 0.15) is 44.3 Å². The summed E-state index contributed by atoms with van der Waals surface area (Å²) in [7, 11) is 0. The number of aryl methyl sites for hydroxylation is 1. The fraction of sp³-hybridized carbons (Fsp3) is 0.381. The molecule has 13 heteroatoms. The number of carbonyl (C=O) groups is 3. The Labute approximate surface area is 219 Å². The number of nitrogens with zero attached hydrogens (tertiary/aromatic N) is 3. The summed E-state index contributed by atoms with van der Waals surface area (Å²) in [6, 6.07) is 5.01. The number of carboxylic acids is 1. The molecule has 1 atom stereocenters. The van der Waals surface area contributed by atoms with Crippen LogP contribution in [0.15, 0.2) is 36.7 Å². The molecule has 0 saturated heterocycles. The van der Waals surface area contributed by atoms with Crippen LogP contribution in [0.4, 0.5) is 11.6 Å². The van der Waals surface area contributed by atoms with Crippen molar-refractivity contribution in [3.05, 3.63) is 57.9 Å². The van der Waals surface area contributed by atoms with Crippen molar-refractivity contribution in [3.63, 3.8) is 0 Å². The Morgan fingerprint density at radius 2 is 1.88 bits per heavy atom. The zero-order chi connectivity index (χ0) is 24.2. The van der Waals surface area contributed by atoms with E-state index >= 15 is 0 Å². The molecule has 1 aromatic heterocycles. The van der Waals surface area contributed by atoms with E-state index < -0.39 is 29.3 Å². The average molecular weight is 482 g/mol. The van der Waals surface area contributed by atoms with Crippen molar-refractivity contribution in [2.45, 2.75) is 38.6 Å². The summed E-state index contributed by atoms with van der Waals surface area (Å²) < 4.78 is 0. The number of amides is 2. The minimum absolute atomic E-state index is 0. The molecule has 4 N–H and O–H groups in total. The van der Waals surface area contributed by atoms with Gasteiger partial charge in [-0.3, -0.25) is 24.5 Å². The van der Waals surface area contributed by atoms with Crippen molar-refractivity contribution in [1.29, 1.82) is 0 Å². The standard InChI is InChI=1S/C21H26N6O6.Na.H/c1-14-6-7-15(11-17(14)27(32)33)16(12-20(30)31)26-19(29)13-25-18(28)5-2-3-8-22-21-23-9-4-10-24-21;;/h4,6-7,9-11,16H,2-3,5,8,12-13H2,1H3,(H,25,28)(H,26,29)(H,30,31)(H,22,23,24);;/q;+1;-1. The second-order valence-electron chi connectivity index (χ2n) is 7.25. The molecule has 0 aliphatic heterocycles. The molecule has 1 heterocycles. The Hall–Kier alpha value is -3.09. The number of rotatable bonds is 13. The number of nitro groups is 1. The monoisotopic (exact) mass is 482 g/mol. The van der Waals surface area contributed by atoms with Crippen molar-refractivity contribution in [3.8, 4) is 0 Å². The largest absolute Gasteiger partial charge is 1.00 e. The predicted octanol–water partition coefficient (Wildman–Crippen LogP) is -1.16. The first-order chi connectivity index (χ1) is 15.8. The third-order valence-electron chi connectivity index (χ3n) is 4.67. The minimum atomic E-state index is -1.18. The molecule has 0 aliphatic carbocycles. The van der Waals surface area contributed by atoms with Crippen LogP contribution in [0, 0.1) is 17.0 Å². The number of benzene rings is 1. The summed E-state index contributed by atoms with van der Waals surface area (Å²) in [6.45, 7) is 1.82. The number of unbranched alkanes of at least 4 members (excludes halogenated alkanes) is 1. The molecule has 0 bridgehead atoms. The van der Waals surface area contributed by atoms with Gasteiger partial charge in [0.2, 0.25) is 17.8 Å². The van der Waals surface area contributed by atoms with E-state index in [1.165, 1.54) is 18.2 Å². The van der Waals surface area contributed by atoms with Crippen LogP contribution in [0.2, 0.25) is 0 Å². The summed E-state index contributed by atoms with van der Waals surface area (Å²) in [5.41, 5.74) is 0.547. The van der Waals surface area contributed by atoms with Gasteiger partial charge in [0.25, 0.3) is 5.69 Å². The van der Waals surface area contributed by atoms with E-state index in [0.29, 0.717) is 36.5 Å². The first kappa shape index (κ1) is 28.9. The fourth-order valence-corrected chi connectivity index (χ4v) is 2.98. The zero-order valence-corrected chi connectivity index (χ0v) is 21.1. The van der Waals surface area contributed by atoms with E-state index in [0.717, 1.165) is 0 Å². The second kappa shape index (κ2) is 14.9. The van der Waals surface area contributed by atoms with E-state index in [4.69, 9.17) is 5.11 Å². The van der Waals surface area contributed by atoms with Crippen LogP contribution in [0.5, 0.6) is 0 Å². The van der Waals surface area contributed by atoms with Crippen LogP contribution in [-0.2, 0) is 14.4 Å². The van der Waals surface area contributed by atoms with Crippen LogP contribution in [-0.4, -0.2) is 50.9 Å². The van der Waals surface area contributed by atoms with Gasteiger partial charge in [0.1, 0.15) is 0 Å². The number of hydrogen-bond donors (Lipinski definition) is 4. The van der Waals surface area contributed by atoms with Crippen molar-refractivity contribution in [1.82, 2.24) is 20.6 Å². The van der Waals surface area contributed by atoms with Gasteiger partial charge in [-0.15, -0.1) is 0 Å². The average Bonchev–Trinajstić information content (AvgIpc) is 2.77. The zero-order valence-electron chi connectivity index (χ0n) is 20.1. The van der Waals surface area contributed by atoms with Crippen LogP contribution < -0.4 is 45.5 Å². The molecule has 34 heavy (non-hydrogen) atoms. The molecule has 2 rings (SSSR count). The summed E-state index contributed by atoms with van der Waals surface area (Å²) in [5, 5.41) is 28.4. The van der Waals surface area contributed by atoms with Crippen molar-refractivity contribution in [2.75, 3.05) is 18.4 Å². The van der Waals surface area contributed by atoms with E-state index in [1.807, 2.05) is 0 Å². The topological polar surface area (TPSA) is 176 Å². The predicted molar refractivity (Wildman–Crippen MR) is 119 cm³/mol. The number of nitro benzene ring substituents is 1. The van der Waals surface area contributed by atoms with Gasteiger partial charge in [-0.05, 0) is 31.4 Å². The molecule has 0 fully saturated rings. The number of aromatic nitrogens is 2. The van der Waals surface area contributed by atoms with E-state index in [1.54, 1.807) is 25.4 Å². The number of hydrogen-bond acceptors (Lipinski definition) is 8. The Bertz CT molecular complexity index is 998. The Balaban J connectivity index is 0.00000578. The Morgan fingerprint density at radius 3 is 2.53 bits per heavy atom. The number of aliphatic carboxylic acids is 1. The fourth-order valence-electron chi connectivity index (χ4n) is 2.98. The van der Waals surface area contributed by atoms with Gasteiger partial charge in [-0.1, -0.05) is 12.1 Å². The van der Waals surface area contributed by atoms with Crippen LogP contribution >= 0.6 is 0 Å². The second-order valence-corrected chi connectivity index (χ2v) is 7.25. The van der Waals surface area contributed by atoms with Crippen LogP contribution in [0.3, 0.4) is 0 Å². The number of nitrogens with one attached hydrogen (secondary N) is 3. The molecule has 12 nitrogen and oxygen atoms in total. The third-order valence-corrected chi connectivity index (χ3v) is 4.67. The molecule has 0 spiro atoms. The van der Waals surface area contributed by atoms with E-state index in [9.17, 15) is 24.5 Å². The Morgan fingerprint density at radius 1 is 1.18 bits per heavy atom. The maximum Gasteiger partial charge on any atom is 1.00 e. The summed E-state index contributed by atoms with van der Waals surface area (Å²) in [6.07, 6.45) is 4.28. The molecular weight excluding hydrogens is 455 g/mol. The number of carbonyl (C=O) groups excluding carboxylic acids is 2. The molecule has 1 unspecified atom stereocenters. The first-order valence-corrected chi connectivity index (χ1v) is 10.3. The molecule has 2 aromatic rings. The van der Waals surface area contributed by atoms with Gasteiger partial charge in [0.15, 0.2) is 0 Å². The smallest absolute Gasteiger partial charge is 1.00 e. The number of anilines is 1. The number of carboxylic acid groups (broad SMARTS) is 1. The molecule has 1 aromatic carbocycles. The normalized spacial score (nSPS) is 11.0. The first-order valence-electron chi connectivity index (χ1n) is 10.3. The third kappa shape index (κ3) is 10.2. The Kier molecular flexibility index (Phi) is 12.7. The van der Waals surface area contributed by atoms with Crippen molar-refractivity contribution in [2.24, 2.45) is 0 Å². The van der Waals surface area contributed by atoms with Gasteiger partial charge in [0, 0.05) is 37.0 Å². The van der Waals surface area contributed by atoms with E-state index in [-0.39, 0.29) is 55.5 Å². The van der Waals surface area contributed by atoms with Crippen molar-refractivity contribution >= 4 is 29.4 Å². The van der Waals surface area contributed by atoms with Gasteiger partial charge in [0.05, 0.1) is 23.9 Å². The van der Waals surface area contributed by atoms with Gasteiger partial charge in [-0.25, -0.2) is 9.97 Å². The summed E-state index contributed by atoms with van der Waals surface area (Å²) >= 11 is 0. The van der Waals surface area contributed by atoms with Crippen LogP contribution in [0.25, 0.3) is 0 Å². The molecule has 0 radical (unpaired) electrons. The SMILES string of the molecule is Cc1ccc(C(CC(=O)O)NC(=O)CNC(=O)CCCCNc2ncccn2)cc1[N+](=O)[O-].[H-].[Na+]. The molecule has 0 aliphatic rings. The molecular formula is C21H27N6NaO6. The quantitative estimate of drug-likeness (QED) is 0.119. The molecule has 2 amide bonds. The minimum Gasteiger partial charge on any atom is -1.00 e. The van der Waals surface area contributed by atoms with Crippen molar-refractivity contribution < 1.29 is 55.4 Å². The summed E-state index contributed by atoms with van der Waals surface area (Å²) in [4.78, 5) is 54.1.